The number of hydrogen-bond acceptors (Lipinski definition) is 4. The van der Waals surface area contributed by atoms with Gasteiger partial charge in [0.1, 0.15) is 5.60 Å². The standard InChI is InChI=1S/C12H23N3O2/c1-12(2,3)17-11(16)15-8-9-6-10(15)7-14(9)5-4-13/h9-10H,4-8,13H2,1-3H3/t9-,10-/m0/s1. The summed E-state index contributed by atoms with van der Waals surface area (Å²) in [5, 5.41) is 0. The molecule has 2 saturated heterocycles. The second-order valence-electron chi connectivity index (χ2n) is 5.96. The van der Waals surface area contributed by atoms with Crippen molar-refractivity contribution in [2.24, 2.45) is 5.73 Å². The van der Waals surface area contributed by atoms with Crippen LogP contribution in [0.3, 0.4) is 0 Å². The zero-order valence-electron chi connectivity index (χ0n) is 11.0. The van der Waals surface area contributed by atoms with Crippen LogP contribution < -0.4 is 5.73 Å². The molecule has 5 nitrogen and oxygen atoms in total. The Kier molecular flexibility index (Phi) is 3.32. The summed E-state index contributed by atoms with van der Waals surface area (Å²) in [4.78, 5) is 16.2. The molecule has 2 rings (SSSR count). The molecule has 2 atom stereocenters. The molecule has 0 aromatic heterocycles. The Bertz CT molecular complexity index is 301. The zero-order chi connectivity index (χ0) is 12.6. The first-order valence-electron chi connectivity index (χ1n) is 6.34. The fourth-order valence-electron chi connectivity index (χ4n) is 2.73. The third-order valence-electron chi connectivity index (χ3n) is 3.40. The van der Waals surface area contributed by atoms with Crippen LogP contribution in [0.1, 0.15) is 27.2 Å². The normalized spacial score (nSPS) is 28.8. The predicted molar refractivity (Wildman–Crippen MR) is 65.8 cm³/mol. The van der Waals surface area contributed by atoms with Crippen LogP contribution in [-0.4, -0.2) is 59.8 Å². The van der Waals surface area contributed by atoms with Crippen LogP contribution in [0.25, 0.3) is 0 Å². The van der Waals surface area contributed by atoms with Crippen molar-refractivity contribution in [3.05, 3.63) is 0 Å². The highest BCUT2D eigenvalue weighted by molar-refractivity contribution is 5.69. The van der Waals surface area contributed by atoms with Crippen molar-refractivity contribution in [2.75, 3.05) is 26.2 Å². The summed E-state index contributed by atoms with van der Waals surface area (Å²) in [5.74, 6) is 0. The molecule has 98 valence electrons. The average molecular weight is 241 g/mol. The van der Waals surface area contributed by atoms with Crippen LogP contribution in [-0.2, 0) is 4.74 Å². The minimum Gasteiger partial charge on any atom is -0.444 e. The molecule has 2 fully saturated rings. The Morgan fingerprint density at radius 3 is 2.53 bits per heavy atom. The lowest BCUT2D eigenvalue weighted by molar-refractivity contribution is 0.0132. The Hall–Kier alpha value is -0.810. The first-order chi connectivity index (χ1) is 7.90. The largest absolute Gasteiger partial charge is 0.444 e. The topological polar surface area (TPSA) is 58.8 Å². The van der Waals surface area contributed by atoms with Gasteiger partial charge in [-0.2, -0.15) is 0 Å². The predicted octanol–water partition coefficient (Wildman–Crippen LogP) is 0.639. The summed E-state index contributed by atoms with van der Waals surface area (Å²) in [6.45, 7) is 9.07. The molecule has 0 unspecified atom stereocenters. The van der Waals surface area contributed by atoms with E-state index in [4.69, 9.17) is 10.5 Å². The number of amides is 1. The summed E-state index contributed by atoms with van der Waals surface area (Å²) < 4.78 is 5.41. The van der Waals surface area contributed by atoms with Gasteiger partial charge in [0.05, 0.1) is 0 Å². The van der Waals surface area contributed by atoms with Crippen LogP contribution >= 0.6 is 0 Å². The number of hydrogen-bond donors (Lipinski definition) is 1. The van der Waals surface area contributed by atoms with Gasteiger partial charge in [0.2, 0.25) is 0 Å². The van der Waals surface area contributed by atoms with Gasteiger partial charge in [-0.3, -0.25) is 4.90 Å². The fraction of sp³-hybridized carbons (Fsp3) is 0.917. The number of piperazine rings is 1. The van der Waals surface area contributed by atoms with Gasteiger partial charge in [0.15, 0.2) is 0 Å². The summed E-state index contributed by atoms with van der Waals surface area (Å²) in [5.41, 5.74) is 5.16. The molecule has 17 heavy (non-hydrogen) atoms. The maximum atomic E-state index is 12.0. The Morgan fingerprint density at radius 2 is 2.06 bits per heavy atom. The van der Waals surface area contributed by atoms with Crippen molar-refractivity contribution in [3.63, 3.8) is 0 Å². The van der Waals surface area contributed by atoms with Crippen LogP contribution in [0.15, 0.2) is 0 Å². The molecule has 5 heteroatoms. The lowest BCUT2D eigenvalue weighted by atomic mass is 10.2. The summed E-state index contributed by atoms with van der Waals surface area (Å²) in [6, 6.07) is 0.803. The number of nitrogens with zero attached hydrogens (tertiary/aromatic N) is 2. The zero-order valence-corrected chi connectivity index (χ0v) is 11.0. The minimum absolute atomic E-state index is 0.169. The summed E-state index contributed by atoms with van der Waals surface area (Å²) in [6.07, 6.45) is 0.900. The summed E-state index contributed by atoms with van der Waals surface area (Å²) >= 11 is 0. The Labute approximate surface area is 103 Å². The molecule has 0 radical (unpaired) electrons. The molecule has 1 amide bonds. The lowest BCUT2D eigenvalue weighted by Gasteiger charge is -2.34. The first kappa shape index (κ1) is 12.6. The molecule has 2 N–H and O–H groups in total. The van der Waals surface area contributed by atoms with Crippen LogP contribution in [0.2, 0.25) is 0 Å². The maximum Gasteiger partial charge on any atom is 0.410 e. The van der Waals surface area contributed by atoms with E-state index in [-0.39, 0.29) is 6.09 Å². The van der Waals surface area contributed by atoms with Crippen molar-refractivity contribution >= 4 is 6.09 Å². The number of carbonyl (C=O) groups excluding carboxylic acids is 1. The van der Waals surface area contributed by atoms with Gasteiger partial charge in [0, 0.05) is 38.3 Å². The molecule has 0 aromatic rings. The van der Waals surface area contributed by atoms with Gasteiger partial charge in [-0.25, -0.2) is 4.79 Å². The third-order valence-corrected chi connectivity index (χ3v) is 3.40. The number of fused-ring (bicyclic) bond motifs is 2. The third kappa shape index (κ3) is 2.72. The van der Waals surface area contributed by atoms with E-state index in [0.717, 1.165) is 26.1 Å². The van der Waals surface area contributed by atoms with E-state index in [1.165, 1.54) is 0 Å². The van der Waals surface area contributed by atoms with Crippen molar-refractivity contribution in [1.29, 1.82) is 0 Å². The van der Waals surface area contributed by atoms with Gasteiger partial charge in [-0.1, -0.05) is 0 Å². The van der Waals surface area contributed by atoms with Gasteiger partial charge in [-0.05, 0) is 27.2 Å². The molecule has 0 spiro atoms. The van der Waals surface area contributed by atoms with Gasteiger partial charge < -0.3 is 15.4 Å². The van der Waals surface area contributed by atoms with Gasteiger partial charge in [0.25, 0.3) is 0 Å². The smallest absolute Gasteiger partial charge is 0.410 e. The maximum absolute atomic E-state index is 12.0. The number of rotatable bonds is 2. The Balaban J connectivity index is 1.89. The second-order valence-corrected chi connectivity index (χ2v) is 5.96. The molecule has 2 aliphatic rings. The number of likely N-dealkylation sites (tertiary alicyclic amines) is 2. The van der Waals surface area contributed by atoms with Crippen LogP contribution in [0, 0.1) is 0 Å². The fourth-order valence-corrected chi connectivity index (χ4v) is 2.73. The number of nitrogens with two attached hydrogens (primary N) is 1. The molecule has 2 aliphatic heterocycles. The van der Waals surface area contributed by atoms with Crippen molar-refractivity contribution in [2.45, 2.75) is 44.9 Å². The first-order valence-corrected chi connectivity index (χ1v) is 6.34. The molecule has 0 aromatic carbocycles. The van der Waals surface area contributed by atoms with E-state index in [1.54, 1.807) is 0 Å². The number of ether oxygens (including phenoxy) is 1. The average Bonchev–Trinajstić information content (AvgIpc) is 2.74. The van der Waals surface area contributed by atoms with E-state index < -0.39 is 5.60 Å². The Morgan fingerprint density at radius 1 is 1.35 bits per heavy atom. The quantitative estimate of drug-likeness (QED) is 0.770. The van der Waals surface area contributed by atoms with E-state index in [0.29, 0.717) is 18.6 Å². The highest BCUT2D eigenvalue weighted by atomic mass is 16.6. The summed E-state index contributed by atoms with van der Waals surface area (Å²) in [7, 11) is 0. The molecular formula is C12H23N3O2. The van der Waals surface area contributed by atoms with E-state index in [2.05, 4.69) is 4.90 Å². The SMILES string of the molecule is CC(C)(C)OC(=O)N1C[C@@H]2C[C@H]1CN2CCN. The molecule has 2 heterocycles. The van der Waals surface area contributed by atoms with Crippen LogP contribution in [0.5, 0.6) is 0 Å². The van der Waals surface area contributed by atoms with Gasteiger partial charge in [-0.15, -0.1) is 0 Å². The highest BCUT2D eigenvalue weighted by Gasteiger charge is 2.45. The van der Waals surface area contributed by atoms with E-state index >= 15 is 0 Å². The van der Waals surface area contributed by atoms with Crippen molar-refractivity contribution < 1.29 is 9.53 Å². The molecule has 2 bridgehead atoms. The van der Waals surface area contributed by atoms with E-state index in [9.17, 15) is 4.79 Å². The lowest BCUT2D eigenvalue weighted by Crippen LogP contribution is -2.50. The van der Waals surface area contributed by atoms with Crippen molar-refractivity contribution in [3.8, 4) is 0 Å². The minimum atomic E-state index is -0.407. The molecule has 0 saturated carbocycles. The van der Waals surface area contributed by atoms with Crippen LogP contribution in [0.4, 0.5) is 4.79 Å². The molecular weight excluding hydrogens is 218 g/mol. The van der Waals surface area contributed by atoms with Crippen molar-refractivity contribution in [1.82, 2.24) is 9.80 Å². The monoisotopic (exact) mass is 241 g/mol. The highest BCUT2D eigenvalue weighted by Crippen LogP contribution is 2.31. The second kappa shape index (κ2) is 4.46. The van der Waals surface area contributed by atoms with Gasteiger partial charge >= 0.3 is 6.09 Å². The van der Waals surface area contributed by atoms with E-state index in [1.807, 2.05) is 25.7 Å². The number of carbonyl (C=O) groups is 1. The molecule has 0 aliphatic carbocycles.